The Balaban J connectivity index is 1.69. The molecule has 4 nitrogen and oxygen atoms in total. The number of carbonyl (C=O) groups excluding carboxylic acids is 1. The monoisotopic (exact) mass is 296 g/mol. The van der Waals surface area contributed by atoms with E-state index in [4.69, 9.17) is 0 Å². The summed E-state index contributed by atoms with van der Waals surface area (Å²) in [5.41, 5.74) is 1.26. The highest BCUT2D eigenvalue weighted by molar-refractivity contribution is 7.07. The molecule has 1 unspecified atom stereocenters. The number of hydrogen-bond donors (Lipinski definition) is 1. The van der Waals surface area contributed by atoms with Crippen LogP contribution in [0.3, 0.4) is 0 Å². The second kappa shape index (κ2) is 7.76. The summed E-state index contributed by atoms with van der Waals surface area (Å²) in [5.74, 6) is 0.256. The average Bonchev–Trinajstić information content (AvgIpc) is 2.98. The van der Waals surface area contributed by atoms with Crippen LogP contribution in [0.15, 0.2) is 16.8 Å². The van der Waals surface area contributed by atoms with Gasteiger partial charge in [-0.15, -0.1) is 0 Å². The molecular weight excluding hydrogens is 272 g/mol. The molecule has 1 aromatic heterocycles. The van der Waals surface area contributed by atoms with Crippen molar-refractivity contribution in [2.24, 2.45) is 0 Å². The number of aliphatic hydroxyl groups excluding tert-OH is 1. The lowest BCUT2D eigenvalue weighted by atomic mass is 10.1. The van der Waals surface area contributed by atoms with Gasteiger partial charge in [0.25, 0.3) is 0 Å². The van der Waals surface area contributed by atoms with Crippen LogP contribution in [0.2, 0.25) is 0 Å². The van der Waals surface area contributed by atoms with Crippen LogP contribution in [0.5, 0.6) is 0 Å². The van der Waals surface area contributed by atoms with Crippen LogP contribution in [-0.2, 0) is 11.2 Å². The van der Waals surface area contributed by atoms with E-state index in [0.29, 0.717) is 6.42 Å². The van der Waals surface area contributed by atoms with E-state index in [9.17, 15) is 9.90 Å². The SMILES string of the molecule is CCC(O)CN1CCN(C(=O)CCc2ccsc2)CC1. The summed E-state index contributed by atoms with van der Waals surface area (Å²) in [6, 6.07) is 2.09. The molecule has 1 fully saturated rings. The smallest absolute Gasteiger partial charge is 0.222 e. The molecule has 1 aromatic rings. The molecule has 5 heteroatoms. The third kappa shape index (κ3) is 4.58. The summed E-state index contributed by atoms with van der Waals surface area (Å²) >= 11 is 1.68. The largest absolute Gasteiger partial charge is 0.392 e. The first-order valence-corrected chi connectivity index (χ1v) is 8.32. The third-order valence-electron chi connectivity index (χ3n) is 3.87. The lowest BCUT2D eigenvalue weighted by Crippen LogP contribution is -2.50. The Labute approximate surface area is 125 Å². The van der Waals surface area contributed by atoms with Crippen molar-refractivity contribution in [1.82, 2.24) is 9.80 Å². The number of hydrogen-bond acceptors (Lipinski definition) is 4. The first-order valence-electron chi connectivity index (χ1n) is 7.38. The number of carbonyl (C=O) groups is 1. The number of rotatable bonds is 6. The Morgan fingerprint density at radius 1 is 1.40 bits per heavy atom. The number of piperazine rings is 1. The Morgan fingerprint density at radius 3 is 2.75 bits per heavy atom. The quantitative estimate of drug-likeness (QED) is 0.867. The zero-order chi connectivity index (χ0) is 14.4. The Kier molecular flexibility index (Phi) is 6.01. The van der Waals surface area contributed by atoms with Gasteiger partial charge in [0.05, 0.1) is 6.10 Å². The summed E-state index contributed by atoms with van der Waals surface area (Å²) in [4.78, 5) is 16.3. The van der Waals surface area contributed by atoms with E-state index < -0.39 is 0 Å². The fraction of sp³-hybridized carbons (Fsp3) is 0.667. The standard InChI is InChI=1S/C15H24N2O2S/c1-2-14(18)11-16-6-8-17(9-7-16)15(19)4-3-13-5-10-20-12-13/h5,10,12,14,18H,2-4,6-9,11H2,1H3. The van der Waals surface area contributed by atoms with Gasteiger partial charge in [0, 0.05) is 39.1 Å². The maximum atomic E-state index is 12.1. The zero-order valence-corrected chi connectivity index (χ0v) is 12.9. The summed E-state index contributed by atoms with van der Waals surface area (Å²) in [7, 11) is 0. The van der Waals surface area contributed by atoms with Crippen LogP contribution < -0.4 is 0 Å². The highest BCUT2D eigenvalue weighted by atomic mass is 32.1. The molecule has 2 rings (SSSR count). The van der Waals surface area contributed by atoms with Crippen molar-refractivity contribution in [3.63, 3.8) is 0 Å². The molecule has 112 valence electrons. The highest BCUT2D eigenvalue weighted by Crippen LogP contribution is 2.11. The van der Waals surface area contributed by atoms with Crippen molar-refractivity contribution < 1.29 is 9.90 Å². The molecule has 0 bridgehead atoms. The van der Waals surface area contributed by atoms with Crippen molar-refractivity contribution in [2.45, 2.75) is 32.3 Å². The molecule has 1 saturated heterocycles. The van der Waals surface area contributed by atoms with Crippen LogP contribution >= 0.6 is 11.3 Å². The first kappa shape index (κ1) is 15.5. The van der Waals surface area contributed by atoms with Gasteiger partial charge in [-0.05, 0) is 35.2 Å². The molecule has 0 radical (unpaired) electrons. The molecule has 0 aromatic carbocycles. The molecule has 1 amide bonds. The van der Waals surface area contributed by atoms with Crippen molar-refractivity contribution in [2.75, 3.05) is 32.7 Å². The minimum atomic E-state index is -0.240. The van der Waals surface area contributed by atoms with Gasteiger partial charge in [-0.25, -0.2) is 0 Å². The van der Waals surface area contributed by atoms with Crippen LogP contribution in [0.25, 0.3) is 0 Å². The van der Waals surface area contributed by atoms with Gasteiger partial charge in [-0.1, -0.05) is 6.92 Å². The van der Waals surface area contributed by atoms with Crippen LogP contribution in [0, 0.1) is 0 Å². The second-order valence-electron chi connectivity index (χ2n) is 5.38. The van der Waals surface area contributed by atoms with E-state index >= 15 is 0 Å². The minimum Gasteiger partial charge on any atom is -0.392 e. The van der Waals surface area contributed by atoms with Gasteiger partial charge in [0.15, 0.2) is 0 Å². The lowest BCUT2D eigenvalue weighted by molar-refractivity contribution is -0.133. The number of amides is 1. The van der Waals surface area contributed by atoms with Gasteiger partial charge in [0.2, 0.25) is 5.91 Å². The first-order chi connectivity index (χ1) is 9.69. The van der Waals surface area contributed by atoms with Gasteiger partial charge < -0.3 is 10.0 Å². The number of β-amino-alcohol motifs (C(OH)–C–C–N with tert-alkyl or cyclic N) is 1. The summed E-state index contributed by atoms with van der Waals surface area (Å²) in [5, 5.41) is 13.8. The van der Waals surface area contributed by atoms with Gasteiger partial charge in [-0.3, -0.25) is 9.69 Å². The van der Waals surface area contributed by atoms with Gasteiger partial charge in [-0.2, -0.15) is 11.3 Å². The Bertz CT molecular complexity index is 400. The molecule has 1 atom stereocenters. The lowest BCUT2D eigenvalue weighted by Gasteiger charge is -2.35. The summed E-state index contributed by atoms with van der Waals surface area (Å²) in [6.45, 7) is 6.06. The number of nitrogens with zero attached hydrogens (tertiary/aromatic N) is 2. The van der Waals surface area contributed by atoms with Crippen molar-refractivity contribution in [3.8, 4) is 0 Å². The van der Waals surface area contributed by atoms with Gasteiger partial charge in [0.1, 0.15) is 0 Å². The summed E-state index contributed by atoms with van der Waals surface area (Å²) < 4.78 is 0. The number of aliphatic hydroxyl groups is 1. The van der Waals surface area contributed by atoms with Crippen LogP contribution in [-0.4, -0.2) is 59.6 Å². The Hall–Kier alpha value is -0.910. The molecule has 1 N–H and O–H groups in total. The zero-order valence-electron chi connectivity index (χ0n) is 12.1. The van der Waals surface area contributed by atoms with Crippen molar-refractivity contribution in [1.29, 1.82) is 0 Å². The van der Waals surface area contributed by atoms with Gasteiger partial charge >= 0.3 is 0 Å². The molecular formula is C15H24N2O2S. The normalized spacial score (nSPS) is 18.2. The number of aryl methyl sites for hydroxylation is 1. The highest BCUT2D eigenvalue weighted by Gasteiger charge is 2.21. The predicted molar refractivity (Wildman–Crippen MR) is 82.0 cm³/mol. The predicted octanol–water partition coefficient (Wildman–Crippen LogP) is 1.60. The average molecular weight is 296 g/mol. The van der Waals surface area contributed by atoms with E-state index in [1.54, 1.807) is 11.3 Å². The molecule has 20 heavy (non-hydrogen) atoms. The minimum absolute atomic E-state index is 0.240. The van der Waals surface area contributed by atoms with E-state index in [-0.39, 0.29) is 12.0 Å². The summed E-state index contributed by atoms with van der Waals surface area (Å²) in [6.07, 6.45) is 2.00. The Morgan fingerprint density at radius 2 is 2.15 bits per heavy atom. The number of thiophene rings is 1. The molecule has 1 aliphatic rings. The fourth-order valence-corrected chi connectivity index (χ4v) is 3.15. The van der Waals surface area contributed by atoms with Crippen molar-refractivity contribution >= 4 is 17.2 Å². The van der Waals surface area contributed by atoms with Crippen molar-refractivity contribution in [3.05, 3.63) is 22.4 Å². The van der Waals surface area contributed by atoms with E-state index in [2.05, 4.69) is 21.7 Å². The molecule has 1 aliphatic heterocycles. The molecule has 0 aliphatic carbocycles. The molecule has 0 spiro atoms. The maximum Gasteiger partial charge on any atom is 0.222 e. The molecule has 0 saturated carbocycles. The van der Waals surface area contributed by atoms with E-state index in [1.807, 2.05) is 11.8 Å². The van der Waals surface area contributed by atoms with Crippen LogP contribution in [0.1, 0.15) is 25.3 Å². The fourth-order valence-electron chi connectivity index (χ4n) is 2.45. The van der Waals surface area contributed by atoms with E-state index in [1.165, 1.54) is 5.56 Å². The third-order valence-corrected chi connectivity index (χ3v) is 4.60. The molecule has 2 heterocycles. The topological polar surface area (TPSA) is 43.8 Å². The maximum absolute atomic E-state index is 12.1. The van der Waals surface area contributed by atoms with Crippen LogP contribution in [0.4, 0.5) is 0 Å². The van der Waals surface area contributed by atoms with E-state index in [0.717, 1.165) is 45.6 Å². The second-order valence-corrected chi connectivity index (χ2v) is 6.16.